The molecule has 2 rings (SSSR count). The molecule has 0 saturated heterocycles. The minimum Gasteiger partial charge on any atom is -0.341 e. The van der Waals surface area contributed by atoms with Gasteiger partial charge >= 0.3 is 0 Å². The summed E-state index contributed by atoms with van der Waals surface area (Å²) in [5.74, 6) is 0.810. The van der Waals surface area contributed by atoms with Crippen LogP contribution in [-0.4, -0.2) is 9.97 Å². The van der Waals surface area contributed by atoms with Crippen LogP contribution in [0.25, 0.3) is 11.0 Å². The molecule has 0 unspecified atom stereocenters. The number of nitrogens with two attached hydrogens (primary N) is 1. The molecule has 1 aromatic carbocycles. The average Bonchev–Trinajstić information content (AvgIpc) is 2.48. The van der Waals surface area contributed by atoms with Crippen LogP contribution in [0.3, 0.4) is 0 Å². The van der Waals surface area contributed by atoms with Gasteiger partial charge in [0.2, 0.25) is 0 Å². The molecule has 1 heterocycles. The topological polar surface area (TPSA) is 54.7 Å². The van der Waals surface area contributed by atoms with Crippen LogP contribution in [0.2, 0.25) is 0 Å². The number of rotatable bonds is 1. The zero-order chi connectivity index (χ0) is 10.3. The van der Waals surface area contributed by atoms with Gasteiger partial charge in [-0.3, -0.25) is 0 Å². The van der Waals surface area contributed by atoms with Crippen molar-refractivity contribution >= 4 is 42.9 Å². The first-order chi connectivity index (χ1) is 6.58. The molecule has 0 radical (unpaired) electrons. The fourth-order valence-corrected chi connectivity index (χ4v) is 1.91. The molecule has 1 aromatic heterocycles. The summed E-state index contributed by atoms with van der Waals surface area (Å²) in [5.41, 5.74) is 7.65. The predicted molar refractivity (Wildman–Crippen MR) is 64.1 cm³/mol. The molecule has 74 valence electrons. The summed E-state index contributed by atoms with van der Waals surface area (Å²) >= 11 is 6.87. The zero-order valence-corrected chi connectivity index (χ0v) is 10.7. The Morgan fingerprint density at radius 2 is 2.00 bits per heavy atom. The van der Waals surface area contributed by atoms with Gasteiger partial charge in [-0.1, -0.05) is 0 Å². The van der Waals surface area contributed by atoms with E-state index in [4.69, 9.17) is 5.73 Å². The number of halogens is 2. The summed E-state index contributed by atoms with van der Waals surface area (Å²) in [6.45, 7) is 1.90. The molecule has 0 bridgehead atoms. The van der Waals surface area contributed by atoms with Gasteiger partial charge in [-0.25, -0.2) is 4.98 Å². The minimum atomic E-state index is -0.0695. The Kier molecular flexibility index (Phi) is 2.64. The van der Waals surface area contributed by atoms with Gasteiger partial charge in [-0.2, -0.15) is 0 Å². The Hall–Kier alpha value is -0.390. The van der Waals surface area contributed by atoms with E-state index in [1.54, 1.807) is 0 Å². The molecule has 3 nitrogen and oxygen atoms in total. The number of nitrogens with one attached hydrogen (secondary N) is 1. The Labute approximate surface area is 98.3 Å². The van der Waals surface area contributed by atoms with Crippen molar-refractivity contribution in [2.75, 3.05) is 0 Å². The van der Waals surface area contributed by atoms with Crippen LogP contribution in [0.15, 0.2) is 21.1 Å². The van der Waals surface area contributed by atoms with Crippen molar-refractivity contribution in [2.24, 2.45) is 5.73 Å². The molecule has 1 atom stereocenters. The van der Waals surface area contributed by atoms with E-state index in [-0.39, 0.29) is 6.04 Å². The molecule has 0 fully saturated rings. The second-order valence-corrected chi connectivity index (χ2v) is 4.90. The second kappa shape index (κ2) is 3.64. The molecular weight excluding hydrogens is 310 g/mol. The minimum absolute atomic E-state index is 0.0695. The van der Waals surface area contributed by atoms with Crippen molar-refractivity contribution in [2.45, 2.75) is 13.0 Å². The first-order valence-electron chi connectivity index (χ1n) is 4.18. The van der Waals surface area contributed by atoms with Crippen LogP contribution >= 0.6 is 31.9 Å². The summed E-state index contributed by atoms with van der Waals surface area (Å²) in [5, 5.41) is 0. The quantitative estimate of drug-likeness (QED) is 0.849. The lowest BCUT2D eigenvalue weighted by Gasteiger charge is -1.96. The number of nitrogens with zero attached hydrogens (tertiary/aromatic N) is 1. The van der Waals surface area contributed by atoms with Gasteiger partial charge < -0.3 is 10.7 Å². The molecule has 0 saturated carbocycles. The van der Waals surface area contributed by atoms with E-state index in [0.29, 0.717) is 0 Å². The number of aromatic amines is 1. The number of H-pyrrole nitrogens is 1. The van der Waals surface area contributed by atoms with Crippen molar-refractivity contribution in [3.8, 4) is 0 Å². The Morgan fingerprint density at radius 3 is 2.64 bits per heavy atom. The second-order valence-electron chi connectivity index (χ2n) is 3.19. The first-order valence-corrected chi connectivity index (χ1v) is 5.77. The summed E-state index contributed by atoms with van der Waals surface area (Å²) in [7, 11) is 0. The lowest BCUT2D eigenvalue weighted by Crippen LogP contribution is -2.06. The smallest absolute Gasteiger partial charge is 0.123 e. The van der Waals surface area contributed by atoms with Crippen LogP contribution in [-0.2, 0) is 0 Å². The highest BCUT2D eigenvalue weighted by Gasteiger charge is 2.08. The SMILES string of the molecule is C[C@H](N)c1nc2cc(Br)c(Br)cc2[nH]1. The van der Waals surface area contributed by atoms with E-state index in [1.165, 1.54) is 0 Å². The number of benzene rings is 1. The highest BCUT2D eigenvalue weighted by atomic mass is 79.9. The molecule has 0 aliphatic heterocycles. The van der Waals surface area contributed by atoms with Gasteiger partial charge in [0.1, 0.15) is 5.82 Å². The van der Waals surface area contributed by atoms with Crippen LogP contribution in [0.1, 0.15) is 18.8 Å². The number of aromatic nitrogens is 2. The van der Waals surface area contributed by atoms with Crippen LogP contribution < -0.4 is 5.73 Å². The first kappa shape index (κ1) is 10.1. The molecule has 0 aliphatic carbocycles. The summed E-state index contributed by atoms with van der Waals surface area (Å²) < 4.78 is 2.00. The van der Waals surface area contributed by atoms with Crippen LogP contribution in [0, 0.1) is 0 Å². The third-order valence-electron chi connectivity index (χ3n) is 1.97. The van der Waals surface area contributed by atoms with Crippen molar-refractivity contribution in [3.63, 3.8) is 0 Å². The Balaban J connectivity index is 2.66. The lowest BCUT2D eigenvalue weighted by molar-refractivity contribution is 0.760. The normalized spacial score (nSPS) is 13.4. The predicted octanol–water partition coefficient (Wildman–Crippen LogP) is 3.11. The third-order valence-corrected chi connectivity index (χ3v) is 3.82. The van der Waals surface area contributed by atoms with Crippen LogP contribution in [0.5, 0.6) is 0 Å². The van der Waals surface area contributed by atoms with E-state index in [9.17, 15) is 0 Å². The van der Waals surface area contributed by atoms with Gasteiger partial charge in [0, 0.05) is 8.95 Å². The fourth-order valence-electron chi connectivity index (χ4n) is 1.24. The molecule has 2 aromatic rings. The molecule has 5 heteroatoms. The highest BCUT2D eigenvalue weighted by Crippen LogP contribution is 2.27. The maximum absolute atomic E-state index is 5.74. The van der Waals surface area contributed by atoms with Crippen LogP contribution in [0.4, 0.5) is 0 Å². The lowest BCUT2D eigenvalue weighted by atomic mass is 10.3. The van der Waals surface area contributed by atoms with E-state index in [1.807, 2.05) is 19.1 Å². The van der Waals surface area contributed by atoms with Gasteiger partial charge in [-0.15, -0.1) is 0 Å². The largest absolute Gasteiger partial charge is 0.341 e. The summed E-state index contributed by atoms with van der Waals surface area (Å²) in [6, 6.07) is 3.88. The van der Waals surface area contributed by atoms with E-state index in [2.05, 4.69) is 41.8 Å². The Bertz CT molecular complexity index is 437. The van der Waals surface area contributed by atoms with Gasteiger partial charge in [0.25, 0.3) is 0 Å². The van der Waals surface area contributed by atoms with Crippen molar-refractivity contribution in [1.82, 2.24) is 9.97 Å². The standard InChI is InChI=1S/C9H9Br2N3/c1-4(12)9-13-7-2-5(10)6(11)3-8(7)14-9/h2-4H,12H2,1H3,(H,13,14)/t4-/m0/s1. The summed E-state index contributed by atoms with van der Waals surface area (Å²) in [4.78, 5) is 7.56. The molecular formula is C9H9Br2N3. The number of hydrogen-bond donors (Lipinski definition) is 2. The molecule has 0 aliphatic rings. The number of hydrogen-bond acceptors (Lipinski definition) is 2. The number of fused-ring (bicyclic) bond motifs is 1. The van der Waals surface area contributed by atoms with Gasteiger partial charge in [0.05, 0.1) is 17.1 Å². The Morgan fingerprint density at radius 1 is 1.36 bits per heavy atom. The zero-order valence-electron chi connectivity index (χ0n) is 7.51. The number of imidazole rings is 1. The molecule has 3 N–H and O–H groups in total. The molecule has 14 heavy (non-hydrogen) atoms. The van der Waals surface area contributed by atoms with Crippen molar-refractivity contribution < 1.29 is 0 Å². The summed E-state index contributed by atoms with van der Waals surface area (Å²) in [6.07, 6.45) is 0. The molecule has 0 amide bonds. The third kappa shape index (κ3) is 1.71. The van der Waals surface area contributed by atoms with Gasteiger partial charge in [-0.05, 0) is 50.9 Å². The van der Waals surface area contributed by atoms with E-state index < -0.39 is 0 Å². The van der Waals surface area contributed by atoms with Crippen molar-refractivity contribution in [3.05, 3.63) is 26.9 Å². The van der Waals surface area contributed by atoms with Crippen molar-refractivity contribution in [1.29, 1.82) is 0 Å². The van der Waals surface area contributed by atoms with E-state index in [0.717, 1.165) is 25.8 Å². The average molecular weight is 319 g/mol. The van der Waals surface area contributed by atoms with E-state index >= 15 is 0 Å². The maximum atomic E-state index is 5.74. The fraction of sp³-hybridized carbons (Fsp3) is 0.222. The monoisotopic (exact) mass is 317 g/mol. The highest BCUT2D eigenvalue weighted by molar-refractivity contribution is 9.13. The molecule has 0 spiro atoms. The van der Waals surface area contributed by atoms with Gasteiger partial charge in [0.15, 0.2) is 0 Å². The maximum Gasteiger partial charge on any atom is 0.123 e.